The Labute approximate surface area is 129 Å². The molecule has 0 bridgehead atoms. The number of benzene rings is 1. The molecule has 0 unspecified atom stereocenters. The first-order chi connectivity index (χ1) is 10.3. The second-order valence-corrected chi connectivity index (χ2v) is 5.94. The van der Waals surface area contributed by atoms with Gasteiger partial charge in [0.25, 0.3) is 10.2 Å². The van der Waals surface area contributed by atoms with E-state index in [-0.39, 0.29) is 11.6 Å². The van der Waals surface area contributed by atoms with E-state index in [1.54, 1.807) is 19.2 Å². The van der Waals surface area contributed by atoms with Crippen LogP contribution in [0.1, 0.15) is 12.0 Å². The highest BCUT2D eigenvalue weighted by atomic mass is 32.2. The van der Waals surface area contributed by atoms with Gasteiger partial charge in [-0.25, -0.2) is 9.44 Å². The quantitative estimate of drug-likeness (QED) is 0.657. The molecule has 1 aromatic rings. The highest BCUT2D eigenvalue weighted by molar-refractivity contribution is 7.90. The number of ether oxygens (including phenoxy) is 1. The summed E-state index contributed by atoms with van der Waals surface area (Å²) >= 11 is 0. The van der Waals surface area contributed by atoms with E-state index >= 15 is 0 Å². The van der Waals surface area contributed by atoms with E-state index < -0.39 is 22.7 Å². The van der Waals surface area contributed by atoms with Crippen molar-refractivity contribution in [2.24, 2.45) is 5.14 Å². The molecular weight excluding hydrogens is 310 g/mol. The minimum atomic E-state index is -4.10. The molecule has 0 saturated carbocycles. The molecular formula is C13H19N3O5S. The summed E-state index contributed by atoms with van der Waals surface area (Å²) in [4.78, 5) is 22.5. The van der Waals surface area contributed by atoms with Gasteiger partial charge in [-0.3, -0.25) is 9.59 Å². The van der Waals surface area contributed by atoms with Crippen molar-refractivity contribution in [1.29, 1.82) is 0 Å². The van der Waals surface area contributed by atoms with Crippen molar-refractivity contribution >= 4 is 27.8 Å². The molecule has 0 spiro atoms. The smallest absolute Gasteiger partial charge is 0.326 e. The maximum Gasteiger partial charge on any atom is 0.326 e. The molecule has 3 N–H and O–H groups in total. The monoisotopic (exact) mass is 329 g/mol. The van der Waals surface area contributed by atoms with Gasteiger partial charge < -0.3 is 10.1 Å². The number of nitrogens with zero attached hydrogens (tertiary/aromatic N) is 1. The standard InChI is InChI=1S/C13H19N3O5S/c1-15-12(17)8-5-10-3-6-11(7-4-10)16(22(14,19)20)9-13(18)21-2/h3-4,6-7H,5,8-9H2,1-2H3,(H,15,17)(H2,14,19,20). The van der Waals surface area contributed by atoms with E-state index in [1.807, 2.05) is 0 Å². The molecule has 0 aromatic heterocycles. The number of amides is 1. The molecule has 0 radical (unpaired) electrons. The fraction of sp³-hybridized carbons (Fsp3) is 0.385. The summed E-state index contributed by atoms with van der Waals surface area (Å²) < 4.78 is 28.3. The fourth-order valence-electron chi connectivity index (χ4n) is 1.72. The summed E-state index contributed by atoms with van der Waals surface area (Å²) in [6, 6.07) is 6.39. The number of methoxy groups -OCH3 is 1. The summed E-state index contributed by atoms with van der Waals surface area (Å²) in [5.74, 6) is -0.807. The van der Waals surface area contributed by atoms with Gasteiger partial charge in [0.05, 0.1) is 12.8 Å². The SMILES string of the molecule is CNC(=O)CCc1ccc(N(CC(=O)OC)S(N)(=O)=O)cc1. The van der Waals surface area contributed by atoms with Crippen LogP contribution in [0, 0.1) is 0 Å². The van der Waals surface area contributed by atoms with E-state index in [2.05, 4.69) is 10.1 Å². The molecule has 122 valence electrons. The topological polar surface area (TPSA) is 119 Å². The lowest BCUT2D eigenvalue weighted by Crippen LogP contribution is -2.40. The van der Waals surface area contributed by atoms with Crippen LogP contribution in [-0.4, -0.2) is 41.0 Å². The van der Waals surface area contributed by atoms with E-state index in [4.69, 9.17) is 5.14 Å². The lowest BCUT2D eigenvalue weighted by molar-refractivity contribution is -0.138. The second kappa shape index (κ2) is 7.76. The number of aryl methyl sites for hydroxylation is 1. The Balaban J connectivity index is 2.89. The Kier molecular flexibility index (Phi) is 6.32. The van der Waals surface area contributed by atoms with Crippen LogP contribution >= 0.6 is 0 Å². The van der Waals surface area contributed by atoms with Gasteiger partial charge >= 0.3 is 5.97 Å². The van der Waals surface area contributed by atoms with Crippen LogP contribution in [0.2, 0.25) is 0 Å². The third kappa shape index (κ3) is 5.34. The first-order valence-corrected chi connectivity index (χ1v) is 7.95. The molecule has 0 aliphatic heterocycles. The molecule has 0 heterocycles. The molecule has 8 nitrogen and oxygen atoms in total. The Bertz CT molecular complexity index is 628. The molecule has 9 heteroatoms. The Morgan fingerprint density at radius 3 is 2.32 bits per heavy atom. The van der Waals surface area contributed by atoms with Crippen LogP contribution in [0.5, 0.6) is 0 Å². The number of carbonyl (C=O) groups excluding carboxylic acids is 2. The van der Waals surface area contributed by atoms with Gasteiger partial charge in [0.1, 0.15) is 6.54 Å². The molecule has 1 aromatic carbocycles. The van der Waals surface area contributed by atoms with E-state index in [0.29, 0.717) is 12.8 Å². The minimum absolute atomic E-state index is 0.0825. The highest BCUT2D eigenvalue weighted by Gasteiger charge is 2.21. The number of hydrogen-bond acceptors (Lipinski definition) is 5. The van der Waals surface area contributed by atoms with Crippen LogP contribution in [0.3, 0.4) is 0 Å². The normalized spacial score (nSPS) is 10.9. The number of carbonyl (C=O) groups is 2. The molecule has 0 fully saturated rings. The predicted molar refractivity (Wildman–Crippen MR) is 81.3 cm³/mol. The summed E-state index contributed by atoms with van der Waals surface area (Å²) in [6.07, 6.45) is 0.850. The van der Waals surface area contributed by atoms with Gasteiger partial charge in [0.15, 0.2) is 0 Å². The summed E-state index contributed by atoms with van der Waals surface area (Å²) in [5.41, 5.74) is 1.11. The summed E-state index contributed by atoms with van der Waals surface area (Å²) in [5, 5.41) is 7.63. The Hall–Kier alpha value is -2.13. The molecule has 22 heavy (non-hydrogen) atoms. The minimum Gasteiger partial charge on any atom is -0.468 e. The number of nitrogens with one attached hydrogen (secondary N) is 1. The van der Waals surface area contributed by atoms with Crippen molar-refractivity contribution in [2.75, 3.05) is 25.0 Å². The third-order valence-electron chi connectivity index (χ3n) is 2.95. The van der Waals surface area contributed by atoms with Crippen molar-refractivity contribution in [2.45, 2.75) is 12.8 Å². The second-order valence-electron chi connectivity index (χ2n) is 4.47. The van der Waals surface area contributed by atoms with E-state index in [9.17, 15) is 18.0 Å². The molecule has 0 saturated heterocycles. The van der Waals surface area contributed by atoms with Crippen molar-refractivity contribution in [1.82, 2.24) is 5.32 Å². The van der Waals surface area contributed by atoms with Gasteiger partial charge in [0.2, 0.25) is 5.91 Å². The maximum absolute atomic E-state index is 11.6. The van der Waals surface area contributed by atoms with Crippen LogP contribution in [0.15, 0.2) is 24.3 Å². The summed E-state index contributed by atoms with van der Waals surface area (Å²) in [6.45, 7) is -0.507. The van der Waals surface area contributed by atoms with Crippen LogP contribution in [-0.2, 0) is 31.0 Å². The lowest BCUT2D eigenvalue weighted by atomic mass is 10.1. The number of rotatable bonds is 7. The van der Waals surface area contributed by atoms with Crippen LogP contribution < -0.4 is 14.8 Å². The molecule has 1 amide bonds. The van der Waals surface area contributed by atoms with Crippen molar-refractivity contribution in [3.63, 3.8) is 0 Å². The number of esters is 1. The molecule has 0 aliphatic carbocycles. The lowest BCUT2D eigenvalue weighted by Gasteiger charge is -2.20. The van der Waals surface area contributed by atoms with Gasteiger partial charge in [-0.05, 0) is 24.1 Å². The third-order valence-corrected chi connectivity index (χ3v) is 3.91. The van der Waals surface area contributed by atoms with Crippen molar-refractivity contribution in [3.05, 3.63) is 29.8 Å². The van der Waals surface area contributed by atoms with Gasteiger partial charge in [-0.15, -0.1) is 0 Å². The fourth-order valence-corrected chi connectivity index (χ4v) is 2.42. The number of nitrogens with two attached hydrogens (primary N) is 1. The predicted octanol–water partition coefficient (Wildman–Crippen LogP) is -0.452. The van der Waals surface area contributed by atoms with E-state index in [1.165, 1.54) is 12.1 Å². The van der Waals surface area contributed by atoms with Crippen LogP contribution in [0.4, 0.5) is 5.69 Å². The molecule has 1 rings (SSSR count). The molecule has 0 aliphatic rings. The Morgan fingerprint density at radius 2 is 1.86 bits per heavy atom. The first-order valence-electron chi connectivity index (χ1n) is 6.44. The molecule has 0 atom stereocenters. The average molecular weight is 329 g/mol. The maximum atomic E-state index is 11.6. The zero-order valence-corrected chi connectivity index (χ0v) is 13.2. The van der Waals surface area contributed by atoms with Crippen molar-refractivity contribution < 1.29 is 22.7 Å². The zero-order valence-electron chi connectivity index (χ0n) is 12.4. The van der Waals surface area contributed by atoms with Crippen LogP contribution in [0.25, 0.3) is 0 Å². The first kappa shape index (κ1) is 17.9. The number of anilines is 1. The van der Waals surface area contributed by atoms with E-state index in [0.717, 1.165) is 17.0 Å². The zero-order chi connectivity index (χ0) is 16.8. The largest absolute Gasteiger partial charge is 0.468 e. The highest BCUT2D eigenvalue weighted by Crippen LogP contribution is 2.18. The number of hydrogen-bond donors (Lipinski definition) is 2. The van der Waals surface area contributed by atoms with Gasteiger partial charge in [-0.1, -0.05) is 12.1 Å². The van der Waals surface area contributed by atoms with Gasteiger partial charge in [0, 0.05) is 13.5 Å². The van der Waals surface area contributed by atoms with Gasteiger partial charge in [-0.2, -0.15) is 8.42 Å². The average Bonchev–Trinajstić information content (AvgIpc) is 2.49. The van der Waals surface area contributed by atoms with Crippen molar-refractivity contribution in [3.8, 4) is 0 Å². The summed E-state index contributed by atoms with van der Waals surface area (Å²) in [7, 11) is -1.38. The Morgan fingerprint density at radius 1 is 1.27 bits per heavy atom.